The monoisotopic (exact) mass is 421 g/mol. The summed E-state index contributed by atoms with van der Waals surface area (Å²) in [6.45, 7) is 5.27. The van der Waals surface area contributed by atoms with Crippen LogP contribution in [-0.2, 0) is 19.0 Å². The number of ether oxygens (including phenoxy) is 3. The lowest BCUT2D eigenvalue weighted by Crippen LogP contribution is -2.55. The molecule has 0 bridgehead atoms. The van der Waals surface area contributed by atoms with E-state index < -0.39 is 17.7 Å². The van der Waals surface area contributed by atoms with E-state index in [-0.39, 0.29) is 6.42 Å². The molecule has 6 heteroatoms. The van der Waals surface area contributed by atoms with Crippen molar-refractivity contribution in [3.05, 3.63) is 82.8 Å². The van der Waals surface area contributed by atoms with Crippen LogP contribution in [0.4, 0.5) is 0 Å². The molecule has 1 spiro atoms. The van der Waals surface area contributed by atoms with Gasteiger partial charge in [-0.05, 0) is 17.5 Å². The van der Waals surface area contributed by atoms with Gasteiger partial charge in [-0.1, -0.05) is 74.0 Å². The molecule has 0 N–H and O–H groups in total. The van der Waals surface area contributed by atoms with Crippen LogP contribution in [0, 0.1) is 5.21 Å². The zero-order valence-corrected chi connectivity index (χ0v) is 18.1. The second kappa shape index (κ2) is 8.19. The van der Waals surface area contributed by atoms with E-state index in [0.29, 0.717) is 17.9 Å². The third-order valence-corrected chi connectivity index (χ3v) is 5.33. The van der Waals surface area contributed by atoms with Crippen molar-refractivity contribution < 1.29 is 23.7 Å². The summed E-state index contributed by atoms with van der Waals surface area (Å²) in [6.07, 6.45) is 1.93. The van der Waals surface area contributed by atoms with E-state index in [1.165, 1.54) is 0 Å². The third-order valence-electron chi connectivity index (χ3n) is 5.33. The number of cyclic esters (lactones) is 1. The number of carbonyl (C=O) groups is 1. The van der Waals surface area contributed by atoms with Gasteiger partial charge < -0.3 is 14.7 Å². The first-order valence-corrected chi connectivity index (χ1v) is 10.6. The van der Waals surface area contributed by atoms with Crippen molar-refractivity contribution in [3.63, 3.8) is 0 Å². The molecule has 6 nitrogen and oxygen atoms in total. The molecule has 2 aromatic carbocycles. The first kappa shape index (κ1) is 21.1. The lowest BCUT2D eigenvalue weighted by molar-refractivity contribution is -0.679. The van der Waals surface area contributed by atoms with E-state index in [2.05, 4.69) is 6.92 Å². The highest BCUT2D eigenvalue weighted by Gasteiger charge is 2.61. The standard InChI is InChI=1S/C25H27NO5/c1-4-5-16-20-23(30-25(26(20)28)17-21(27)29-24(2,3)31-25)22(18-12-8-6-9-13-18)19-14-10-7-11-15-19/h6-15H,4-5,16-17H2,1-3H3. The van der Waals surface area contributed by atoms with Gasteiger partial charge >= 0.3 is 11.9 Å². The Bertz CT molecular complexity index is 985. The topological polar surface area (TPSA) is 70.8 Å². The zero-order chi connectivity index (χ0) is 22.1. The SMILES string of the molecule is CCCCC1=[N+]([O-])C2(CC(=O)OC(C)(C)O2)OC1=C(c1ccccc1)c1ccccc1. The summed E-state index contributed by atoms with van der Waals surface area (Å²) in [4.78, 5) is 12.3. The fourth-order valence-corrected chi connectivity index (χ4v) is 4.05. The summed E-state index contributed by atoms with van der Waals surface area (Å²) >= 11 is 0. The lowest BCUT2D eigenvalue weighted by Gasteiger charge is -2.37. The van der Waals surface area contributed by atoms with E-state index in [4.69, 9.17) is 14.2 Å². The summed E-state index contributed by atoms with van der Waals surface area (Å²) in [5.74, 6) is -3.13. The van der Waals surface area contributed by atoms with E-state index in [1.807, 2.05) is 60.7 Å². The van der Waals surface area contributed by atoms with Crippen LogP contribution in [0.25, 0.3) is 5.57 Å². The van der Waals surface area contributed by atoms with Gasteiger partial charge in [-0.25, -0.2) is 4.74 Å². The van der Waals surface area contributed by atoms with Crippen LogP contribution in [0.3, 0.4) is 0 Å². The number of nitrogens with zero attached hydrogens (tertiary/aromatic N) is 1. The predicted molar refractivity (Wildman–Crippen MR) is 117 cm³/mol. The van der Waals surface area contributed by atoms with Crippen molar-refractivity contribution >= 4 is 17.3 Å². The number of hydrogen-bond acceptors (Lipinski definition) is 5. The number of hydroxylamine groups is 1. The van der Waals surface area contributed by atoms with Gasteiger partial charge in [0.1, 0.15) is 0 Å². The second-order valence-electron chi connectivity index (χ2n) is 8.25. The number of allylic oxidation sites excluding steroid dienone is 1. The van der Waals surface area contributed by atoms with Crippen molar-refractivity contribution in [1.29, 1.82) is 0 Å². The van der Waals surface area contributed by atoms with Crippen LogP contribution in [0.15, 0.2) is 66.4 Å². The van der Waals surface area contributed by atoms with Crippen LogP contribution in [0.5, 0.6) is 0 Å². The quantitative estimate of drug-likeness (QED) is 0.387. The Morgan fingerprint density at radius 2 is 1.58 bits per heavy atom. The summed E-state index contributed by atoms with van der Waals surface area (Å²) in [6, 6.07) is 19.6. The average Bonchev–Trinajstić information content (AvgIpc) is 2.97. The molecule has 2 aromatic rings. The molecule has 162 valence electrons. The minimum Gasteiger partial charge on any atom is -0.619 e. The number of rotatable bonds is 5. The Kier molecular flexibility index (Phi) is 5.58. The highest BCUT2D eigenvalue weighted by Crippen LogP contribution is 2.42. The molecule has 4 rings (SSSR count). The van der Waals surface area contributed by atoms with Crippen molar-refractivity contribution in [2.24, 2.45) is 0 Å². The van der Waals surface area contributed by atoms with Crippen LogP contribution in [-0.4, -0.2) is 28.1 Å². The highest BCUT2D eigenvalue weighted by atomic mass is 16.8. The molecule has 1 saturated heterocycles. The zero-order valence-electron chi connectivity index (χ0n) is 18.1. The van der Waals surface area contributed by atoms with E-state index in [9.17, 15) is 10.0 Å². The molecular weight excluding hydrogens is 394 g/mol. The smallest absolute Gasteiger partial charge is 0.453 e. The Balaban J connectivity index is 1.94. The summed E-state index contributed by atoms with van der Waals surface area (Å²) < 4.78 is 18.3. The second-order valence-corrected chi connectivity index (χ2v) is 8.25. The molecule has 0 saturated carbocycles. The number of benzene rings is 2. The van der Waals surface area contributed by atoms with Crippen LogP contribution in [0.1, 0.15) is 57.6 Å². The summed E-state index contributed by atoms with van der Waals surface area (Å²) in [5.41, 5.74) is 3.11. The molecule has 31 heavy (non-hydrogen) atoms. The predicted octanol–water partition coefficient (Wildman–Crippen LogP) is 4.97. The van der Waals surface area contributed by atoms with E-state index in [1.54, 1.807) is 13.8 Å². The minimum atomic E-state index is -1.77. The molecule has 1 atom stereocenters. The van der Waals surface area contributed by atoms with Crippen molar-refractivity contribution in [2.45, 2.75) is 58.2 Å². The maximum Gasteiger partial charge on any atom is 0.453 e. The Morgan fingerprint density at radius 3 is 2.10 bits per heavy atom. The first-order chi connectivity index (χ1) is 14.9. The minimum absolute atomic E-state index is 0.310. The van der Waals surface area contributed by atoms with Gasteiger partial charge in [0.15, 0.2) is 6.42 Å². The van der Waals surface area contributed by atoms with Crippen molar-refractivity contribution in [1.82, 2.24) is 0 Å². The first-order valence-electron chi connectivity index (χ1n) is 10.6. The van der Waals surface area contributed by atoms with Crippen molar-refractivity contribution in [3.8, 4) is 0 Å². The van der Waals surface area contributed by atoms with E-state index >= 15 is 0 Å². The van der Waals surface area contributed by atoms with Gasteiger partial charge in [0, 0.05) is 25.8 Å². The average molecular weight is 421 g/mol. The highest BCUT2D eigenvalue weighted by molar-refractivity contribution is 6.05. The lowest BCUT2D eigenvalue weighted by atomic mass is 9.94. The molecule has 0 radical (unpaired) electrons. The molecule has 1 fully saturated rings. The number of hydrogen-bond donors (Lipinski definition) is 0. The Hall–Kier alpha value is -3.12. The molecular formula is C25H27NO5. The van der Waals surface area contributed by atoms with Gasteiger partial charge in [-0.2, -0.15) is 0 Å². The Morgan fingerprint density at radius 1 is 1.00 bits per heavy atom. The molecule has 0 aliphatic carbocycles. The number of carbonyl (C=O) groups excluding carboxylic acids is 1. The van der Waals surface area contributed by atoms with Crippen molar-refractivity contribution in [2.75, 3.05) is 0 Å². The van der Waals surface area contributed by atoms with E-state index in [0.717, 1.165) is 34.3 Å². The van der Waals surface area contributed by atoms with Gasteiger partial charge in [0.05, 0.1) is 0 Å². The fraction of sp³-hybridized carbons (Fsp3) is 0.360. The largest absolute Gasteiger partial charge is 0.619 e. The molecule has 0 amide bonds. The molecule has 2 aliphatic rings. The summed E-state index contributed by atoms with van der Waals surface area (Å²) in [5, 5.41) is 13.6. The van der Waals surface area contributed by atoms with Gasteiger partial charge in [0.25, 0.3) is 0 Å². The number of esters is 1. The maximum atomic E-state index is 13.6. The van der Waals surface area contributed by atoms with Gasteiger partial charge in [-0.15, -0.1) is 4.74 Å². The third kappa shape index (κ3) is 4.08. The van der Waals surface area contributed by atoms with Crippen LogP contribution >= 0.6 is 0 Å². The molecule has 2 heterocycles. The molecule has 1 unspecified atom stereocenters. The molecule has 2 aliphatic heterocycles. The normalized spacial score (nSPS) is 22.4. The molecule has 0 aromatic heterocycles. The van der Waals surface area contributed by atoms with Gasteiger partial charge in [0.2, 0.25) is 17.3 Å². The van der Waals surface area contributed by atoms with Crippen LogP contribution in [0.2, 0.25) is 0 Å². The van der Waals surface area contributed by atoms with Crippen LogP contribution < -0.4 is 0 Å². The fourth-order valence-electron chi connectivity index (χ4n) is 4.05. The van der Waals surface area contributed by atoms with Gasteiger partial charge in [-0.3, -0.25) is 4.79 Å². The Labute approximate surface area is 182 Å². The summed E-state index contributed by atoms with van der Waals surface area (Å²) in [7, 11) is 0. The number of unbranched alkanes of at least 4 members (excludes halogenated alkanes) is 1. The maximum absolute atomic E-state index is 13.6.